The van der Waals surface area contributed by atoms with Crippen molar-refractivity contribution in [3.8, 4) is 0 Å². The van der Waals surface area contributed by atoms with Gasteiger partial charge in [0.2, 0.25) is 0 Å². The number of nitrogen functional groups attached to an aromatic ring is 1. The van der Waals surface area contributed by atoms with Gasteiger partial charge in [-0.3, -0.25) is 4.79 Å². The van der Waals surface area contributed by atoms with Crippen LogP contribution in [0.5, 0.6) is 0 Å². The van der Waals surface area contributed by atoms with Gasteiger partial charge in [-0.1, -0.05) is 15.9 Å². The highest BCUT2D eigenvalue weighted by Crippen LogP contribution is 2.22. The fraction of sp³-hybridized carbons (Fsp3) is 0.125. The number of anilines is 1. The van der Waals surface area contributed by atoms with Crippen LogP contribution in [0.3, 0.4) is 0 Å². The lowest BCUT2D eigenvalue weighted by atomic mass is 10.1. The first-order chi connectivity index (χ1) is 5.52. The predicted octanol–water partition coefficient (Wildman–Crippen LogP) is 2.37. The van der Waals surface area contributed by atoms with Gasteiger partial charge in [-0.2, -0.15) is 0 Å². The first-order valence-corrected chi connectivity index (χ1v) is 4.07. The van der Waals surface area contributed by atoms with E-state index in [1.165, 1.54) is 19.1 Å². The molecular weight excluding hydrogens is 225 g/mol. The molecule has 12 heavy (non-hydrogen) atoms. The molecule has 0 fully saturated rings. The summed E-state index contributed by atoms with van der Waals surface area (Å²) in [6.45, 7) is 1.30. The Morgan fingerprint density at radius 2 is 2.17 bits per heavy atom. The van der Waals surface area contributed by atoms with Crippen LogP contribution in [0, 0.1) is 5.82 Å². The minimum absolute atomic E-state index is 0.0156. The van der Waals surface area contributed by atoms with Crippen LogP contribution in [-0.4, -0.2) is 5.78 Å². The van der Waals surface area contributed by atoms with Gasteiger partial charge in [0.25, 0.3) is 0 Å². The Balaban J connectivity index is 3.37. The van der Waals surface area contributed by atoms with E-state index in [9.17, 15) is 9.18 Å². The van der Waals surface area contributed by atoms with Gasteiger partial charge in [0.05, 0.1) is 11.3 Å². The van der Waals surface area contributed by atoms with Crippen molar-refractivity contribution in [3.05, 3.63) is 28.0 Å². The second-order valence-electron chi connectivity index (χ2n) is 2.41. The molecule has 1 aromatic carbocycles. The number of halogens is 2. The van der Waals surface area contributed by atoms with Gasteiger partial charge in [0.15, 0.2) is 11.6 Å². The zero-order valence-corrected chi connectivity index (χ0v) is 7.98. The lowest BCUT2D eigenvalue weighted by molar-refractivity contribution is 0.101. The molecule has 0 saturated carbocycles. The molecule has 2 N–H and O–H groups in total. The van der Waals surface area contributed by atoms with E-state index in [1.54, 1.807) is 0 Å². The van der Waals surface area contributed by atoms with Gasteiger partial charge >= 0.3 is 0 Å². The van der Waals surface area contributed by atoms with E-state index in [4.69, 9.17) is 5.73 Å². The van der Waals surface area contributed by atoms with Crippen LogP contribution < -0.4 is 5.73 Å². The zero-order chi connectivity index (χ0) is 9.30. The molecule has 0 saturated heterocycles. The number of rotatable bonds is 1. The van der Waals surface area contributed by atoms with E-state index >= 15 is 0 Å². The molecule has 0 aliphatic heterocycles. The van der Waals surface area contributed by atoms with E-state index < -0.39 is 5.82 Å². The van der Waals surface area contributed by atoms with Crippen LogP contribution in [0.25, 0.3) is 0 Å². The van der Waals surface area contributed by atoms with Gasteiger partial charge in [-0.25, -0.2) is 4.39 Å². The van der Waals surface area contributed by atoms with Crippen molar-refractivity contribution in [1.29, 1.82) is 0 Å². The number of carbonyl (C=O) groups excluding carboxylic acids is 1. The Morgan fingerprint density at radius 1 is 1.58 bits per heavy atom. The van der Waals surface area contributed by atoms with Crippen LogP contribution in [0.1, 0.15) is 17.3 Å². The van der Waals surface area contributed by atoms with Crippen LogP contribution in [0.2, 0.25) is 0 Å². The highest BCUT2D eigenvalue weighted by Gasteiger charge is 2.10. The average molecular weight is 232 g/mol. The molecule has 1 rings (SSSR count). The normalized spacial score (nSPS) is 9.92. The van der Waals surface area contributed by atoms with Crippen LogP contribution >= 0.6 is 15.9 Å². The summed E-state index contributed by atoms with van der Waals surface area (Å²) in [6, 6.07) is 2.83. The monoisotopic (exact) mass is 231 g/mol. The Kier molecular flexibility index (Phi) is 2.47. The molecule has 0 atom stereocenters. The number of hydrogen-bond acceptors (Lipinski definition) is 2. The molecular formula is C8H7BrFNO. The van der Waals surface area contributed by atoms with Crippen molar-refractivity contribution in [1.82, 2.24) is 0 Å². The molecule has 0 amide bonds. The molecule has 0 aliphatic rings. The van der Waals surface area contributed by atoms with Crippen LogP contribution in [0.15, 0.2) is 16.6 Å². The lowest BCUT2D eigenvalue weighted by Gasteiger charge is -2.02. The summed E-state index contributed by atoms with van der Waals surface area (Å²) in [7, 11) is 0. The van der Waals surface area contributed by atoms with Gasteiger partial charge in [0.1, 0.15) is 0 Å². The molecule has 1 aromatic rings. The summed E-state index contributed by atoms with van der Waals surface area (Å²) in [5, 5.41) is 0. The Morgan fingerprint density at radius 3 is 2.67 bits per heavy atom. The fourth-order valence-corrected chi connectivity index (χ4v) is 1.34. The van der Waals surface area contributed by atoms with Crippen molar-refractivity contribution in [3.63, 3.8) is 0 Å². The third-order valence-electron chi connectivity index (χ3n) is 1.44. The third-order valence-corrected chi connectivity index (χ3v) is 1.90. The quantitative estimate of drug-likeness (QED) is 0.596. The van der Waals surface area contributed by atoms with E-state index in [2.05, 4.69) is 15.9 Å². The number of ketones is 1. The molecule has 0 bridgehead atoms. The predicted molar refractivity (Wildman–Crippen MR) is 48.5 cm³/mol. The Bertz CT molecular complexity index is 338. The van der Waals surface area contributed by atoms with Crippen molar-refractivity contribution in [2.45, 2.75) is 6.92 Å². The topological polar surface area (TPSA) is 43.1 Å². The molecule has 2 nitrogen and oxygen atoms in total. The number of benzene rings is 1. The minimum atomic E-state index is -0.647. The molecule has 0 aromatic heterocycles. The fourth-order valence-electron chi connectivity index (χ4n) is 0.867. The minimum Gasteiger partial charge on any atom is -0.396 e. The van der Waals surface area contributed by atoms with E-state index in [1.807, 2.05) is 0 Å². The standard InChI is InChI=1S/C8H7BrFNO/c1-4(12)6-2-5(9)3-7(11)8(6)10/h2-3H,11H2,1H3. The highest BCUT2D eigenvalue weighted by molar-refractivity contribution is 9.10. The first kappa shape index (κ1) is 9.19. The SMILES string of the molecule is CC(=O)c1cc(Br)cc(N)c1F. The summed E-state index contributed by atoms with van der Waals surface area (Å²) in [5.74, 6) is -0.980. The zero-order valence-electron chi connectivity index (χ0n) is 6.40. The summed E-state index contributed by atoms with van der Waals surface area (Å²) in [4.78, 5) is 10.9. The average Bonchev–Trinajstić information content (AvgIpc) is 1.96. The Hall–Kier alpha value is -0.900. The van der Waals surface area contributed by atoms with Crippen molar-refractivity contribution >= 4 is 27.4 Å². The van der Waals surface area contributed by atoms with E-state index in [0.29, 0.717) is 4.47 Å². The smallest absolute Gasteiger partial charge is 0.162 e. The van der Waals surface area contributed by atoms with E-state index in [0.717, 1.165) is 0 Å². The number of carbonyl (C=O) groups is 1. The number of hydrogen-bond donors (Lipinski definition) is 1. The van der Waals surface area contributed by atoms with Crippen molar-refractivity contribution < 1.29 is 9.18 Å². The van der Waals surface area contributed by atoms with Crippen molar-refractivity contribution in [2.75, 3.05) is 5.73 Å². The largest absolute Gasteiger partial charge is 0.396 e. The summed E-state index contributed by atoms with van der Waals surface area (Å²) in [6.07, 6.45) is 0. The maximum atomic E-state index is 13.1. The van der Waals surface area contributed by atoms with Gasteiger partial charge < -0.3 is 5.73 Å². The summed E-state index contributed by atoms with van der Waals surface area (Å²) < 4.78 is 13.7. The number of Topliss-reactive ketones (excluding diaryl/α,β-unsaturated/α-hetero) is 1. The maximum absolute atomic E-state index is 13.1. The molecule has 64 valence electrons. The van der Waals surface area contributed by atoms with Crippen LogP contribution in [-0.2, 0) is 0 Å². The summed E-state index contributed by atoms with van der Waals surface area (Å²) >= 11 is 3.12. The summed E-state index contributed by atoms with van der Waals surface area (Å²) in [5.41, 5.74) is 5.30. The van der Waals surface area contributed by atoms with Crippen LogP contribution in [0.4, 0.5) is 10.1 Å². The third kappa shape index (κ3) is 1.64. The molecule has 0 spiro atoms. The molecule has 0 heterocycles. The van der Waals surface area contributed by atoms with Gasteiger partial charge in [-0.15, -0.1) is 0 Å². The molecule has 0 unspecified atom stereocenters. The number of nitrogens with two attached hydrogens (primary N) is 1. The Labute approximate surface area is 77.7 Å². The van der Waals surface area contributed by atoms with E-state index in [-0.39, 0.29) is 17.0 Å². The molecule has 4 heteroatoms. The van der Waals surface area contributed by atoms with Gasteiger partial charge in [0, 0.05) is 4.47 Å². The van der Waals surface area contributed by atoms with Crippen molar-refractivity contribution in [2.24, 2.45) is 0 Å². The highest BCUT2D eigenvalue weighted by atomic mass is 79.9. The molecule has 0 aliphatic carbocycles. The maximum Gasteiger partial charge on any atom is 0.162 e. The van der Waals surface area contributed by atoms with Gasteiger partial charge in [-0.05, 0) is 19.1 Å². The lowest BCUT2D eigenvalue weighted by Crippen LogP contribution is -2.01. The first-order valence-electron chi connectivity index (χ1n) is 3.28. The second-order valence-corrected chi connectivity index (χ2v) is 3.33. The second kappa shape index (κ2) is 3.23. The molecule has 0 radical (unpaired) electrons.